The summed E-state index contributed by atoms with van der Waals surface area (Å²) in [6.45, 7) is 4.59. The van der Waals surface area contributed by atoms with Gasteiger partial charge >= 0.3 is 0 Å². The zero-order valence-corrected chi connectivity index (χ0v) is 24.5. The molecule has 0 amide bonds. The zero-order valence-electron chi connectivity index (χ0n) is 24.5. The molecule has 3 aliphatic carbocycles. The molecule has 212 valence electrons. The summed E-state index contributed by atoms with van der Waals surface area (Å²) in [6.07, 6.45) is 30.2. The molecule has 0 N–H and O–H groups in total. The van der Waals surface area contributed by atoms with E-state index in [1.807, 2.05) is 12.1 Å². The maximum Gasteiger partial charge on any atom is 0.166 e. The van der Waals surface area contributed by atoms with Gasteiger partial charge in [-0.2, -0.15) is 0 Å². The van der Waals surface area contributed by atoms with Gasteiger partial charge in [0, 0.05) is 5.56 Å². The van der Waals surface area contributed by atoms with Crippen molar-refractivity contribution in [3.05, 3.63) is 53.1 Å². The number of aryl methyl sites for hydroxylation is 1. The van der Waals surface area contributed by atoms with E-state index in [9.17, 15) is 0 Å². The van der Waals surface area contributed by atoms with Gasteiger partial charge in [-0.1, -0.05) is 95.6 Å². The number of unbranched alkanes of at least 4 members (excludes halogenated alkanes) is 3. The van der Waals surface area contributed by atoms with Gasteiger partial charge in [-0.25, -0.2) is 8.78 Å². The molecule has 0 saturated heterocycles. The Kier molecular flexibility index (Phi) is 12.0. The molecular weight excluding hydrogens is 470 g/mol. The number of hydrogen-bond donors (Lipinski definition) is 0. The Morgan fingerprint density at radius 2 is 1.55 bits per heavy atom. The van der Waals surface area contributed by atoms with Gasteiger partial charge in [-0.15, -0.1) is 0 Å². The van der Waals surface area contributed by atoms with Gasteiger partial charge in [0.05, 0.1) is 0 Å². The third-order valence-corrected chi connectivity index (χ3v) is 10.4. The van der Waals surface area contributed by atoms with Crippen molar-refractivity contribution in [2.75, 3.05) is 0 Å². The van der Waals surface area contributed by atoms with E-state index in [2.05, 4.69) is 32.1 Å². The normalized spacial score (nSPS) is 28.5. The second-order valence-electron chi connectivity index (χ2n) is 13.0. The average Bonchev–Trinajstić information content (AvgIpc) is 2.96. The van der Waals surface area contributed by atoms with Crippen molar-refractivity contribution in [2.45, 2.75) is 136 Å². The molecule has 2 saturated carbocycles. The molecule has 1 aromatic carbocycles. The van der Waals surface area contributed by atoms with Crippen molar-refractivity contribution in [3.63, 3.8) is 0 Å². The van der Waals surface area contributed by atoms with Crippen LogP contribution in [0, 0.1) is 41.2 Å². The molecule has 0 heterocycles. The van der Waals surface area contributed by atoms with Crippen molar-refractivity contribution >= 4 is 5.57 Å². The lowest BCUT2D eigenvalue weighted by molar-refractivity contribution is 0.192. The lowest BCUT2D eigenvalue weighted by Crippen LogP contribution is -2.23. The molecule has 0 spiro atoms. The van der Waals surface area contributed by atoms with Crippen LogP contribution in [0.5, 0.6) is 0 Å². The van der Waals surface area contributed by atoms with Crippen LogP contribution >= 0.6 is 0 Å². The van der Waals surface area contributed by atoms with Crippen molar-refractivity contribution in [2.24, 2.45) is 29.6 Å². The number of halogens is 2. The predicted molar refractivity (Wildman–Crippen MR) is 159 cm³/mol. The van der Waals surface area contributed by atoms with E-state index in [1.165, 1.54) is 89.9 Å². The van der Waals surface area contributed by atoms with E-state index in [-0.39, 0.29) is 0 Å². The first kappa shape index (κ1) is 29.5. The van der Waals surface area contributed by atoms with Crippen molar-refractivity contribution < 1.29 is 8.78 Å². The molecule has 0 nitrogen and oxygen atoms in total. The Morgan fingerprint density at radius 3 is 2.24 bits per heavy atom. The van der Waals surface area contributed by atoms with Crippen LogP contribution in [0.3, 0.4) is 0 Å². The third-order valence-electron chi connectivity index (χ3n) is 10.4. The lowest BCUT2D eigenvalue weighted by atomic mass is 9.70. The molecule has 2 heteroatoms. The lowest BCUT2D eigenvalue weighted by Gasteiger charge is -2.35. The zero-order chi connectivity index (χ0) is 26.7. The summed E-state index contributed by atoms with van der Waals surface area (Å²) in [4.78, 5) is 0. The monoisotopic (exact) mass is 524 g/mol. The number of rotatable bonds is 12. The Morgan fingerprint density at radius 1 is 0.789 bits per heavy atom. The third kappa shape index (κ3) is 8.28. The van der Waals surface area contributed by atoms with Crippen molar-refractivity contribution in [1.82, 2.24) is 0 Å². The van der Waals surface area contributed by atoms with Crippen LogP contribution < -0.4 is 0 Å². The van der Waals surface area contributed by atoms with Crippen LogP contribution in [-0.4, -0.2) is 0 Å². The standard InChI is InChI=1S/C36H54F2/c1-3-5-6-7-10-28-13-15-29(16-14-28)11-8-9-12-33-25-26-34(36(38)35(33)37)32-23-21-31(22-24-32)30-19-17-27(4-2)18-20-30/h8,11,23,25-31H,3-7,9-10,12-22,24H2,1-2H3. The number of hydrogen-bond acceptors (Lipinski definition) is 0. The van der Waals surface area contributed by atoms with E-state index < -0.39 is 11.6 Å². The molecule has 0 radical (unpaired) electrons. The number of benzene rings is 1. The van der Waals surface area contributed by atoms with Crippen LogP contribution in [0.1, 0.15) is 141 Å². The Balaban J connectivity index is 1.21. The summed E-state index contributed by atoms with van der Waals surface area (Å²) in [6, 6.07) is 3.68. The second-order valence-corrected chi connectivity index (χ2v) is 13.0. The van der Waals surface area contributed by atoms with Gasteiger partial charge < -0.3 is 0 Å². The Labute approximate surface area is 232 Å². The van der Waals surface area contributed by atoms with Gasteiger partial charge in [-0.05, 0) is 111 Å². The smallest absolute Gasteiger partial charge is 0.166 e. The fraction of sp³-hybridized carbons (Fsp3) is 0.722. The summed E-state index contributed by atoms with van der Waals surface area (Å²) < 4.78 is 30.1. The largest absolute Gasteiger partial charge is 0.203 e. The summed E-state index contributed by atoms with van der Waals surface area (Å²) in [5, 5.41) is 0. The van der Waals surface area contributed by atoms with E-state index in [4.69, 9.17) is 0 Å². The van der Waals surface area contributed by atoms with Crippen LogP contribution in [0.25, 0.3) is 5.57 Å². The summed E-state index contributed by atoms with van der Waals surface area (Å²) in [7, 11) is 0. The molecule has 1 atom stereocenters. The molecule has 0 bridgehead atoms. The summed E-state index contributed by atoms with van der Waals surface area (Å²) >= 11 is 0. The first-order chi connectivity index (χ1) is 18.6. The van der Waals surface area contributed by atoms with Crippen LogP contribution in [-0.2, 0) is 6.42 Å². The molecule has 0 aliphatic heterocycles. The van der Waals surface area contributed by atoms with Crippen LogP contribution in [0.2, 0.25) is 0 Å². The van der Waals surface area contributed by atoms with Gasteiger partial charge in [-0.3, -0.25) is 0 Å². The van der Waals surface area contributed by atoms with E-state index in [1.54, 1.807) is 0 Å². The molecule has 1 unspecified atom stereocenters. The second kappa shape index (κ2) is 15.4. The molecule has 38 heavy (non-hydrogen) atoms. The van der Waals surface area contributed by atoms with Gasteiger partial charge in [0.2, 0.25) is 0 Å². The summed E-state index contributed by atoms with van der Waals surface area (Å²) in [5.41, 5.74) is 2.04. The SMILES string of the molecule is CCCCCCC1CCC(C=CCCc2ccc(C3=CCC(C4CCC(CC)CC4)CC3)c(F)c2F)CC1. The van der Waals surface area contributed by atoms with Gasteiger partial charge in [0.1, 0.15) is 0 Å². The topological polar surface area (TPSA) is 0 Å². The molecule has 0 aromatic heterocycles. The summed E-state index contributed by atoms with van der Waals surface area (Å²) in [5.74, 6) is 2.84. The molecule has 1 aromatic rings. The average molecular weight is 525 g/mol. The Bertz CT molecular complexity index is 896. The minimum atomic E-state index is -0.628. The van der Waals surface area contributed by atoms with Gasteiger partial charge in [0.15, 0.2) is 11.6 Å². The highest BCUT2D eigenvalue weighted by Crippen LogP contribution is 2.42. The fourth-order valence-electron chi connectivity index (χ4n) is 7.68. The van der Waals surface area contributed by atoms with E-state index in [0.29, 0.717) is 23.5 Å². The van der Waals surface area contributed by atoms with Gasteiger partial charge in [0.25, 0.3) is 0 Å². The molecular formula is C36H54F2. The molecule has 4 rings (SSSR count). The highest BCUT2D eigenvalue weighted by Gasteiger charge is 2.29. The van der Waals surface area contributed by atoms with Crippen molar-refractivity contribution in [3.8, 4) is 0 Å². The fourth-order valence-corrected chi connectivity index (χ4v) is 7.68. The highest BCUT2D eigenvalue weighted by atomic mass is 19.2. The van der Waals surface area contributed by atoms with Crippen molar-refractivity contribution in [1.29, 1.82) is 0 Å². The Hall–Kier alpha value is -1.44. The molecule has 2 fully saturated rings. The minimum absolute atomic E-state index is 0.501. The van der Waals surface area contributed by atoms with E-state index in [0.717, 1.165) is 54.9 Å². The maximum absolute atomic E-state index is 15.1. The maximum atomic E-state index is 15.1. The number of allylic oxidation sites excluding steroid dienone is 4. The first-order valence-electron chi connectivity index (χ1n) is 16.4. The predicted octanol–water partition coefficient (Wildman–Crippen LogP) is 11.6. The van der Waals surface area contributed by atoms with E-state index >= 15 is 8.78 Å². The van der Waals surface area contributed by atoms with Crippen LogP contribution in [0.4, 0.5) is 8.78 Å². The minimum Gasteiger partial charge on any atom is -0.203 e. The highest BCUT2D eigenvalue weighted by molar-refractivity contribution is 5.67. The quantitative estimate of drug-likeness (QED) is 0.188. The first-order valence-corrected chi connectivity index (χ1v) is 16.4. The van der Waals surface area contributed by atoms with Crippen LogP contribution in [0.15, 0.2) is 30.4 Å². The molecule has 3 aliphatic rings.